The number of rotatable bonds is 3. The summed E-state index contributed by atoms with van der Waals surface area (Å²) in [6.07, 6.45) is 3.07. The van der Waals surface area contributed by atoms with Crippen molar-refractivity contribution >= 4 is 23.1 Å². The summed E-state index contributed by atoms with van der Waals surface area (Å²) in [6.45, 7) is 0.429. The highest BCUT2D eigenvalue weighted by Gasteiger charge is 2.04. The van der Waals surface area contributed by atoms with Crippen LogP contribution in [0.1, 0.15) is 5.82 Å². The van der Waals surface area contributed by atoms with Crippen molar-refractivity contribution in [1.82, 2.24) is 24.7 Å². The highest BCUT2D eigenvalue weighted by molar-refractivity contribution is 6.28. The molecule has 2 heterocycles. The molecule has 0 aromatic carbocycles. The molecule has 2 aromatic heterocycles. The number of aromatic nitrogens is 5. The zero-order valence-electron chi connectivity index (χ0n) is 8.55. The van der Waals surface area contributed by atoms with Gasteiger partial charge in [-0.15, -0.1) is 0 Å². The SMILES string of the molecule is Cn1cnc(CNc2nc(Cl)ncc2N)n1. The fourth-order valence-electron chi connectivity index (χ4n) is 1.14. The van der Waals surface area contributed by atoms with Crippen molar-refractivity contribution in [3.05, 3.63) is 23.6 Å². The van der Waals surface area contributed by atoms with E-state index in [1.54, 1.807) is 18.1 Å². The van der Waals surface area contributed by atoms with Crippen molar-refractivity contribution < 1.29 is 0 Å². The lowest BCUT2D eigenvalue weighted by Crippen LogP contribution is -2.07. The molecule has 0 aliphatic heterocycles. The summed E-state index contributed by atoms with van der Waals surface area (Å²) < 4.78 is 1.62. The Balaban J connectivity index is 2.07. The minimum atomic E-state index is 0.144. The highest BCUT2D eigenvalue weighted by Crippen LogP contribution is 2.15. The Hall–Kier alpha value is -1.89. The molecule has 0 saturated heterocycles. The van der Waals surface area contributed by atoms with E-state index in [9.17, 15) is 0 Å². The number of nitrogens with two attached hydrogens (primary N) is 1. The lowest BCUT2D eigenvalue weighted by atomic mass is 10.4. The maximum absolute atomic E-state index is 5.67. The Morgan fingerprint density at radius 3 is 3.00 bits per heavy atom. The molecule has 8 heteroatoms. The van der Waals surface area contributed by atoms with E-state index in [0.717, 1.165) is 0 Å². The summed E-state index contributed by atoms with van der Waals surface area (Å²) in [5, 5.41) is 7.23. The van der Waals surface area contributed by atoms with Crippen molar-refractivity contribution in [2.45, 2.75) is 6.54 Å². The van der Waals surface area contributed by atoms with E-state index in [1.165, 1.54) is 6.20 Å². The van der Waals surface area contributed by atoms with Gasteiger partial charge in [0.2, 0.25) is 5.28 Å². The summed E-state index contributed by atoms with van der Waals surface area (Å²) in [7, 11) is 1.80. The number of hydrogen-bond donors (Lipinski definition) is 2. The van der Waals surface area contributed by atoms with Crippen LogP contribution in [-0.4, -0.2) is 24.7 Å². The normalized spacial score (nSPS) is 10.4. The smallest absolute Gasteiger partial charge is 0.224 e. The second-order valence-electron chi connectivity index (χ2n) is 3.13. The third kappa shape index (κ3) is 2.37. The molecule has 0 saturated carbocycles. The number of hydrogen-bond acceptors (Lipinski definition) is 6. The molecule has 0 unspecified atom stereocenters. The molecule has 3 N–H and O–H groups in total. The van der Waals surface area contributed by atoms with Crippen LogP contribution in [0, 0.1) is 0 Å². The second kappa shape index (κ2) is 4.31. The van der Waals surface area contributed by atoms with Crippen LogP contribution < -0.4 is 11.1 Å². The molecule has 0 aliphatic rings. The Labute approximate surface area is 96.7 Å². The van der Waals surface area contributed by atoms with Crippen molar-refractivity contribution in [3.8, 4) is 0 Å². The fraction of sp³-hybridized carbons (Fsp3) is 0.250. The van der Waals surface area contributed by atoms with Gasteiger partial charge in [-0.25, -0.2) is 9.97 Å². The fourth-order valence-corrected chi connectivity index (χ4v) is 1.27. The summed E-state index contributed by atoms with van der Waals surface area (Å²) in [5.41, 5.74) is 6.10. The van der Waals surface area contributed by atoms with Crippen molar-refractivity contribution in [2.24, 2.45) is 7.05 Å². The van der Waals surface area contributed by atoms with Gasteiger partial charge in [-0.1, -0.05) is 0 Å². The Morgan fingerprint density at radius 1 is 1.50 bits per heavy atom. The van der Waals surface area contributed by atoms with Gasteiger partial charge in [-0.05, 0) is 11.6 Å². The third-order valence-electron chi connectivity index (χ3n) is 1.85. The Bertz CT molecular complexity index is 495. The minimum Gasteiger partial charge on any atom is -0.394 e. The molecule has 84 valence electrons. The third-order valence-corrected chi connectivity index (χ3v) is 2.03. The molecular formula is C8H10ClN7. The molecule has 0 atom stereocenters. The molecule has 2 rings (SSSR count). The predicted molar refractivity (Wildman–Crippen MR) is 59.8 cm³/mol. The van der Waals surface area contributed by atoms with Crippen molar-refractivity contribution in [3.63, 3.8) is 0 Å². The van der Waals surface area contributed by atoms with E-state index in [2.05, 4.69) is 25.4 Å². The zero-order valence-corrected chi connectivity index (χ0v) is 9.31. The predicted octanol–water partition coefficient (Wildman–Crippen LogP) is 0.453. The van der Waals surface area contributed by atoms with Crippen LogP contribution in [0.5, 0.6) is 0 Å². The average molecular weight is 240 g/mol. The summed E-state index contributed by atoms with van der Waals surface area (Å²) in [6, 6.07) is 0. The van der Waals surface area contributed by atoms with E-state index >= 15 is 0 Å². The van der Waals surface area contributed by atoms with Crippen LogP contribution in [-0.2, 0) is 13.6 Å². The molecule has 0 spiro atoms. The van der Waals surface area contributed by atoms with Gasteiger partial charge >= 0.3 is 0 Å². The summed E-state index contributed by atoms with van der Waals surface area (Å²) >= 11 is 5.65. The van der Waals surface area contributed by atoms with Crippen LogP contribution in [0.25, 0.3) is 0 Å². The largest absolute Gasteiger partial charge is 0.394 e. The lowest BCUT2D eigenvalue weighted by Gasteiger charge is -2.05. The van der Waals surface area contributed by atoms with Gasteiger partial charge < -0.3 is 11.1 Å². The molecule has 0 aliphatic carbocycles. The van der Waals surface area contributed by atoms with Gasteiger partial charge in [0.1, 0.15) is 6.33 Å². The first-order valence-electron chi connectivity index (χ1n) is 4.51. The van der Waals surface area contributed by atoms with E-state index < -0.39 is 0 Å². The average Bonchev–Trinajstić information content (AvgIpc) is 2.66. The monoisotopic (exact) mass is 239 g/mol. The standard InChI is InChI=1S/C8H10ClN7/c1-16-4-13-6(15-16)3-11-7-5(10)2-12-8(9)14-7/h2,4H,3,10H2,1H3,(H,11,12,14). The first kappa shape index (κ1) is 10.6. The number of anilines is 2. The van der Waals surface area contributed by atoms with Gasteiger partial charge in [0.05, 0.1) is 18.4 Å². The van der Waals surface area contributed by atoms with E-state index in [0.29, 0.717) is 23.9 Å². The van der Waals surface area contributed by atoms with E-state index in [-0.39, 0.29) is 5.28 Å². The maximum atomic E-state index is 5.67. The Morgan fingerprint density at radius 2 is 2.31 bits per heavy atom. The first-order chi connectivity index (χ1) is 7.65. The molecule has 0 amide bonds. The number of nitrogen functional groups attached to an aromatic ring is 1. The minimum absolute atomic E-state index is 0.144. The van der Waals surface area contributed by atoms with Crippen LogP contribution >= 0.6 is 11.6 Å². The highest BCUT2D eigenvalue weighted by atomic mass is 35.5. The number of halogens is 1. The van der Waals surface area contributed by atoms with E-state index in [4.69, 9.17) is 17.3 Å². The Kier molecular flexibility index (Phi) is 2.86. The van der Waals surface area contributed by atoms with Gasteiger partial charge in [0.25, 0.3) is 0 Å². The molecule has 0 radical (unpaired) electrons. The van der Waals surface area contributed by atoms with Gasteiger partial charge in [-0.2, -0.15) is 10.1 Å². The van der Waals surface area contributed by atoms with Gasteiger partial charge in [0, 0.05) is 7.05 Å². The number of aryl methyl sites for hydroxylation is 1. The van der Waals surface area contributed by atoms with Gasteiger partial charge in [-0.3, -0.25) is 4.68 Å². The topological polar surface area (TPSA) is 94.5 Å². The molecule has 7 nitrogen and oxygen atoms in total. The number of nitrogens with zero attached hydrogens (tertiary/aromatic N) is 5. The molecule has 0 bridgehead atoms. The van der Waals surface area contributed by atoms with E-state index in [1.807, 2.05) is 0 Å². The molecule has 2 aromatic rings. The van der Waals surface area contributed by atoms with Crippen LogP contribution in [0.4, 0.5) is 11.5 Å². The lowest BCUT2D eigenvalue weighted by molar-refractivity contribution is 0.747. The van der Waals surface area contributed by atoms with Crippen LogP contribution in [0.15, 0.2) is 12.5 Å². The van der Waals surface area contributed by atoms with Crippen molar-refractivity contribution in [1.29, 1.82) is 0 Å². The molecule has 0 fully saturated rings. The second-order valence-corrected chi connectivity index (χ2v) is 3.47. The van der Waals surface area contributed by atoms with Crippen LogP contribution in [0.2, 0.25) is 5.28 Å². The molecule has 16 heavy (non-hydrogen) atoms. The maximum Gasteiger partial charge on any atom is 0.224 e. The quantitative estimate of drug-likeness (QED) is 0.756. The zero-order chi connectivity index (χ0) is 11.5. The first-order valence-corrected chi connectivity index (χ1v) is 4.89. The summed E-state index contributed by atoms with van der Waals surface area (Å²) in [5.74, 6) is 1.13. The molecular weight excluding hydrogens is 230 g/mol. The van der Waals surface area contributed by atoms with Gasteiger partial charge in [0.15, 0.2) is 11.6 Å². The van der Waals surface area contributed by atoms with Crippen molar-refractivity contribution in [2.75, 3.05) is 11.1 Å². The summed E-state index contributed by atoms with van der Waals surface area (Å²) in [4.78, 5) is 11.8. The number of nitrogens with one attached hydrogen (secondary N) is 1. The van der Waals surface area contributed by atoms with Crippen LogP contribution in [0.3, 0.4) is 0 Å².